The van der Waals surface area contributed by atoms with Crippen LogP contribution in [-0.4, -0.2) is 40.6 Å². The largest absolute Gasteiger partial charge is 0.351 e. The molecule has 2 saturated heterocycles. The van der Waals surface area contributed by atoms with E-state index in [-0.39, 0.29) is 0 Å². The summed E-state index contributed by atoms with van der Waals surface area (Å²) in [6.45, 7) is 3.37. The number of hydrogen-bond acceptors (Lipinski definition) is 4. The van der Waals surface area contributed by atoms with Crippen LogP contribution in [0.5, 0.6) is 0 Å². The first-order valence-corrected chi connectivity index (χ1v) is 6.69. The maximum atomic E-state index is 4.52. The molecule has 2 aromatic rings. The first-order chi connectivity index (χ1) is 8.93. The Labute approximate surface area is 106 Å². The molecule has 4 heterocycles. The fourth-order valence-electron chi connectivity index (χ4n) is 3.42. The molecule has 0 aromatic carbocycles. The van der Waals surface area contributed by atoms with Crippen LogP contribution >= 0.6 is 0 Å². The van der Waals surface area contributed by atoms with Gasteiger partial charge >= 0.3 is 0 Å². The quantitative estimate of drug-likeness (QED) is 0.789. The Bertz CT molecular complexity index is 563. The smallest absolute Gasteiger partial charge is 0.142 e. The van der Waals surface area contributed by atoms with Crippen LogP contribution in [0.2, 0.25) is 0 Å². The summed E-state index contributed by atoms with van der Waals surface area (Å²) in [7, 11) is 0. The van der Waals surface area contributed by atoms with Crippen LogP contribution in [0.25, 0.3) is 11.0 Å². The molecular formula is C13H17N5. The van der Waals surface area contributed by atoms with Crippen LogP contribution in [0.3, 0.4) is 0 Å². The van der Waals surface area contributed by atoms with Crippen molar-refractivity contribution in [2.45, 2.75) is 18.9 Å². The SMILES string of the molecule is c1nc(N2CC[C@H]3CCNC[C@@H]32)c2cc[nH]c2n1. The van der Waals surface area contributed by atoms with Crippen molar-refractivity contribution >= 4 is 16.9 Å². The minimum Gasteiger partial charge on any atom is -0.351 e. The number of H-pyrrole nitrogens is 1. The molecule has 0 spiro atoms. The third-order valence-corrected chi connectivity index (χ3v) is 4.34. The number of anilines is 1. The van der Waals surface area contributed by atoms with Gasteiger partial charge in [-0.2, -0.15) is 0 Å². The van der Waals surface area contributed by atoms with E-state index < -0.39 is 0 Å². The maximum Gasteiger partial charge on any atom is 0.142 e. The maximum absolute atomic E-state index is 4.52. The molecule has 0 aliphatic carbocycles. The summed E-state index contributed by atoms with van der Waals surface area (Å²) in [6.07, 6.45) is 6.19. The fourth-order valence-corrected chi connectivity index (χ4v) is 3.42. The second kappa shape index (κ2) is 3.95. The van der Waals surface area contributed by atoms with E-state index >= 15 is 0 Å². The highest BCUT2D eigenvalue weighted by Gasteiger charge is 2.36. The number of piperidine rings is 1. The zero-order valence-corrected chi connectivity index (χ0v) is 10.3. The van der Waals surface area contributed by atoms with E-state index in [1.54, 1.807) is 6.33 Å². The second-order valence-electron chi connectivity index (χ2n) is 5.24. The third-order valence-electron chi connectivity index (χ3n) is 4.34. The van der Waals surface area contributed by atoms with Gasteiger partial charge in [-0.1, -0.05) is 0 Å². The zero-order chi connectivity index (χ0) is 11.9. The lowest BCUT2D eigenvalue weighted by atomic mass is 9.93. The highest BCUT2D eigenvalue weighted by atomic mass is 15.3. The number of aromatic nitrogens is 3. The Morgan fingerprint density at radius 3 is 3.28 bits per heavy atom. The molecule has 0 saturated carbocycles. The number of rotatable bonds is 1. The molecule has 4 rings (SSSR count). The number of fused-ring (bicyclic) bond motifs is 2. The van der Waals surface area contributed by atoms with E-state index in [0.717, 1.165) is 35.9 Å². The molecular weight excluding hydrogens is 226 g/mol. The van der Waals surface area contributed by atoms with Gasteiger partial charge in [0.25, 0.3) is 0 Å². The molecule has 2 N–H and O–H groups in total. The molecule has 94 valence electrons. The minimum atomic E-state index is 0.603. The van der Waals surface area contributed by atoms with Gasteiger partial charge in [0.1, 0.15) is 17.8 Å². The van der Waals surface area contributed by atoms with Crippen molar-refractivity contribution in [3.05, 3.63) is 18.6 Å². The predicted molar refractivity (Wildman–Crippen MR) is 70.6 cm³/mol. The van der Waals surface area contributed by atoms with Gasteiger partial charge in [0.15, 0.2) is 0 Å². The molecule has 2 aliphatic heterocycles. The summed E-state index contributed by atoms with van der Waals surface area (Å²) >= 11 is 0. The Morgan fingerprint density at radius 2 is 2.28 bits per heavy atom. The van der Waals surface area contributed by atoms with Gasteiger partial charge in [-0.3, -0.25) is 0 Å². The Kier molecular flexibility index (Phi) is 2.26. The Morgan fingerprint density at radius 1 is 1.28 bits per heavy atom. The lowest BCUT2D eigenvalue weighted by molar-refractivity contribution is 0.358. The molecule has 2 aliphatic rings. The monoisotopic (exact) mass is 243 g/mol. The van der Waals surface area contributed by atoms with E-state index in [0.29, 0.717) is 6.04 Å². The van der Waals surface area contributed by atoms with Crippen LogP contribution in [0, 0.1) is 5.92 Å². The van der Waals surface area contributed by atoms with E-state index in [2.05, 4.69) is 31.2 Å². The summed E-state index contributed by atoms with van der Waals surface area (Å²) in [5, 5.41) is 4.65. The Balaban J connectivity index is 1.76. The van der Waals surface area contributed by atoms with E-state index in [9.17, 15) is 0 Å². The van der Waals surface area contributed by atoms with Gasteiger partial charge in [0, 0.05) is 25.3 Å². The lowest BCUT2D eigenvalue weighted by Crippen LogP contribution is -2.46. The van der Waals surface area contributed by atoms with E-state index in [4.69, 9.17) is 0 Å². The summed E-state index contributed by atoms with van der Waals surface area (Å²) < 4.78 is 0. The van der Waals surface area contributed by atoms with Crippen molar-refractivity contribution in [3.63, 3.8) is 0 Å². The van der Waals surface area contributed by atoms with Crippen molar-refractivity contribution in [1.82, 2.24) is 20.3 Å². The first-order valence-electron chi connectivity index (χ1n) is 6.69. The molecule has 2 atom stereocenters. The minimum absolute atomic E-state index is 0.603. The number of nitrogens with zero attached hydrogens (tertiary/aromatic N) is 3. The number of aromatic amines is 1. The highest BCUT2D eigenvalue weighted by Crippen LogP contribution is 2.34. The van der Waals surface area contributed by atoms with Gasteiger partial charge in [0.05, 0.1) is 5.39 Å². The van der Waals surface area contributed by atoms with Gasteiger partial charge < -0.3 is 15.2 Å². The van der Waals surface area contributed by atoms with Gasteiger partial charge in [0.2, 0.25) is 0 Å². The summed E-state index contributed by atoms with van der Waals surface area (Å²) in [4.78, 5) is 14.4. The van der Waals surface area contributed by atoms with Crippen molar-refractivity contribution in [3.8, 4) is 0 Å². The average Bonchev–Trinajstić information content (AvgIpc) is 3.05. The van der Waals surface area contributed by atoms with Gasteiger partial charge in [-0.05, 0) is 31.4 Å². The predicted octanol–water partition coefficient (Wildman–Crippen LogP) is 1.15. The molecule has 0 radical (unpaired) electrons. The molecule has 5 nitrogen and oxygen atoms in total. The summed E-state index contributed by atoms with van der Waals surface area (Å²) in [5.74, 6) is 1.92. The van der Waals surface area contributed by atoms with Crippen LogP contribution in [0.4, 0.5) is 5.82 Å². The van der Waals surface area contributed by atoms with Gasteiger partial charge in [-0.25, -0.2) is 9.97 Å². The van der Waals surface area contributed by atoms with E-state index in [1.807, 2.05) is 6.20 Å². The molecule has 2 aromatic heterocycles. The Hall–Kier alpha value is -1.62. The zero-order valence-electron chi connectivity index (χ0n) is 10.3. The molecule has 5 heteroatoms. The van der Waals surface area contributed by atoms with Crippen LogP contribution in [0.15, 0.2) is 18.6 Å². The summed E-state index contributed by atoms with van der Waals surface area (Å²) in [6, 6.07) is 2.68. The molecule has 0 unspecified atom stereocenters. The van der Waals surface area contributed by atoms with Crippen molar-refractivity contribution < 1.29 is 0 Å². The normalized spacial score (nSPS) is 27.7. The van der Waals surface area contributed by atoms with Crippen LogP contribution < -0.4 is 10.2 Å². The topological polar surface area (TPSA) is 56.8 Å². The van der Waals surface area contributed by atoms with E-state index in [1.165, 1.54) is 19.4 Å². The number of hydrogen-bond donors (Lipinski definition) is 2. The number of nitrogens with one attached hydrogen (secondary N) is 2. The third kappa shape index (κ3) is 1.43. The standard InChI is InChI=1S/C13H17N5/c1-4-14-7-11-9(1)3-6-18(11)13-10-2-5-15-12(10)16-8-17-13/h2,5,8-9,11,14H,1,3-4,6-7H2,(H,15,16,17)/t9-,11+/m1/s1. The van der Waals surface area contributed by atoms with Crippen molar-refractivity contribution in [1.29, 1.82) is 0 Å². The average molecular weight is 243 g/mol. The van der Waals surface area contributed by atoms with Crippen LogP contribution in [-0.2, 0) is 0 Å². The van der Waals surface area contributed by atoms with Crippen molar-refractivity contribution in [2.75, 3.05) is 24.5 Å². The summed E-state index contributed by atoms with van der Waals surface area (Å²) in [5.41, 5.74) is 0.937. The van der Waals surface area contributed by atoms with Gasteiger partial charge in [-0.15, -0.1) is 0 Å². The molecule has 2 fully saturated rings. The van der Waals surface area contributed by atoms with Crippen LogP contribution in [0.1, 0.15) is 12.8 Å². The second-order valence-corrected chi connectivity index (χ2v) is 5.24. The lowest BCUT2D eigenvalue weighted by Gasteiger charge is -2.33. The molecule has 0 amide bonds. The highest BCUT2D eigenvalue weighted by molar-refractivity contribution is 5.87. The molecule has 0 bridgehead atoms. The van der Waals surface area contributed by atoms with Crippen molar-refractivity contribution in [2.24, 2.45) is 5.92 Å². The first kappa shape index (κ1) is 10.3. The fraction of sp³-hybridized carbons (Fsp3) is 0.538. The molecule has 18 heavy (non-hydrogen) atoms.